The van der Waals surface area contributed by atoms with Crippen molar-refractivity contribution in [3.8, 4) is 0 Å². The van der Waals surface area contributed by atoms with Gasteiger partial charge < -0.3 is 15.3 Å². The van der Waals surface area contributed by atoms with Crippen molar-refractivity contribution >= 4 is 11.8 Å². The number of aliphatic hydroxyl groups is 2. The van der Waals surface area contributed by atoms with Crippen LogP contribution in [0.2, 0.25) is 0 Å². The van der Waals surface area contributed by atoms with Crippen molar-refractivity contribution in [2.45, 2.75) is 112 Å². The first-order chi connectivity index (χ1) is 17.5. The number of hydrogen-bond donors (Lipinski definition) is 3. The first-order valence-electron chi connectivity index (χ1n) is 14.9. The van der Waals surface area contributed by atoms with E-state index in [1.807, 2.05) is 13.8 Å². The Labute approximate surface area is 226 Å². The van der Waals surface area contributed by atoms with Gasteiger partial charge in [-0.05, 0) is 97.7 Å². The normalized spacial score (nSPS) is 45.4. The molecule has 5 fully saturated rings. The number of carbonyl (C=O) groups is 2. The Balaban J connectivity index is 0.000000541. The highest BCUT2D eigenvalue weighted by atomic mass is 16.4. The molecule has 0 radical (unpaired) electrons. The summed E-state index contributed by atoms with van der Waals surface area (Å²) in [6.45, 7) is 17.2. The summed E-state index contributed by atoms with van der Waals surface area (Å²) in [5.41, 5.74) is 0.392. The second kappa shape index (κ2) is 12.3. The van der Waals surface area contributed by atoms with Crippen LogP contribution in [-0.4, -0.2) is 40.8 Å². The van der Waals surface area contributed by atoms with Crippen LogP contribution in [0.1, 0.15) is 112 Å². The van der Waals surface area contributed by atoms with E-state index in [2.05, 4.69) is 34.3 Å². The molecule has 0 spiro atoms. The molecule has 214 valence electrons. The van der Waals surface area contributed by atoms with E-state index in [0.717, 1.165) is 52.1 Å². The van der Waals surface area contributed by atoms with E-state index in [-0.39, 0.29) is 28.8 Å². The van der Waals surface area contributed by atoms with Gasteiger partial charge in [0.05, 0.1) is 12.0 Å². The fraction of sp³-hybridized carbons (Fsp3) is 0.875. The molecule has 0 aromatic carbocycles. The smallest absolute Gasteiger partial charge is 0.309 e. The third-order valence-electron chi connectivity index (χ3n) is 12.3. The number of aliphatic carboxylic acids is 1. The number of rotatable bonds is 2. The molecule has 5 aliphatic rings. The van der Waals surface area contributed by atoms with E-state index >= 15 is 0 Å². The van der Waals surface area contributed by atoms with Crippen LogP contribution in [0.3, 0.4) is 0 Å². The van der Waals surface area contributed by atoms with Crippen molar-refractivity contribution in [1.29, 1.82) is 0 Å². The molecule has 0 aliphatic heterocycles. The van der Waals surface area contributed by atoms with Gasteiger partial charge in [-0.1, -0.05) is 54.0 Å². The third-order valence-corrected chi connectivity index (χ3v) is 12.3. The molecule has 3 N–H and O–H groups in total. The summed E-state index contributed by atoms with van der Waals surface area (Å²) < 4.78 is 0. The van der Waals surface area contributed by atoms with Crippen LogP contribution in [0.15, 0.2) is 12.7 Å². The fourth-order valence-electron chi connectivity index (χ4n) is 10.4. The van der Waals surface area contributed by atoms with Gasteiger partial charge in [-0.15, -0.1) is 6.58 Å². The first-order valence-corrected chi connectivity index (χ1v) is 14.9. The average molecular weight is 521 g/mol. The Hall–Kier alpha value is -1.20. The van der Waals surface area contributed by atoms with Gasteiger partial charge in [-0.2, -0.15) is 0 Å². The molecular weight excluding hydrogens is 464 g/mol. The summed E-state index contributed by atoms with van der Waals surface area (Å²) in [5, 5.41) is 24.9. The molecule has 9 atom stereocenters. The number of Topliss-reactive ketones (excluding diaryl/α,β-unsaturated/α-hetero) is 1. The Bertz CT molecular complexity index is 809. The number of aliphatic hydroxyl groups excluding tert-OH is 2. The zero-order valence-electron chi connectivity index (χ0n) is 24.8. The van der Waals surface area contributed by atoms with Crippen molar-refractivity contribution in [3.05, 3.63) is 12.7 Å². The van der Waals surface area contributed by atoms with Gasteiger partial charge >= 0.3 is 5.97 Å². The Morgan fingerprint density at radius 3 is 2.11 bits per heavy atom. The van der Waals surface area contributed by atoms with Gasteiger partial charge in [0.15, 0.2) is 0 Å². The number of hydrogen-bond acceptors (Lipinski definition) is 4. The van der Waals surface area contributed by atoms with Crippen LogP contribution in [0.25, 0.3) is 0 Å². The van der Waals surface area contributed by atoms with Crippen molar-refractivity contribution < 1.29 is 24.9 Å². The van der Waals surface area contributed by atoms with Crippen molar-refractivity contribution in [2.24, 2.45) is 51.2 Å². The highest BCUT2D eigenvalue weighted by Gasteiger charge is 2.69. The van der Waals surface area contributed by atoms with Gasteiger partial charge in [0.2, 0.25) is 0 Å². The Kier molecular flexibility index (Phi) is 10.7. The molecule has 37 heavy (non-hydrogen) atoms. The minimum absolute atomic E-state index is 0.0833. The number of carboxylic acids is 1. The molecule has 0 amide bonds. The fourth-order valence-corrected chi connectivity index (χ4v) is 10.4. The summed E-state index contributed by atoms with van der Waals surface area (Å²) in [6, 6.07) is 0. The number of carboxylic acid groups (broad SMARTS) is 1. The lowest BCUT2D eigenvalue weighted by molar-refractivity contribution is -0.226. The topological polar surface area (TPSA) is 94.8 Å². The molecule has 0 saturated heterocycles. The molecule has 0 heterocycles. The predicted octanol–water partition coefficient (Wildman–Crippen LogP) is 6.90. The van der Waals surface area contributed by atoms with Crippen LogP contribution in [0, 0.1) is 51.2 Å². The summed E-state index contributed by atoms with van der Waals surface area (Å²) in [6.07, 6.45) is 13.2. The lowest BCUT2D eigenvalue weighted by atomic mass is 9.33. The van der Waals surface area contributed by atoms with Gasteiger partial charge in [0.25, 0.3) is 0 Å². The molecular formula is C32H56O5. The maximum atomic E-state index is 12.5. The monoisotopic (exact) mass is 520 g/mol. The largest absolute Gasteiger partial charge is 0.481 e. The van der Waals surface area contributed by atoms with Crippen LogP contribution in [0.5, 0.6) is 0 Å². The minimum atomic E-state index is -0.510. The molecule has 5 aliphatic carbocycles. The van der Waals surface area contributed by atoms with Gasteiger partial charge in [-0.25, -0.2) is 0 Å². The maximum absolute atomic E-state index is 12.5. The molecule has 0 bridgehead atoms. The van der Waals surface area contributed by atoms with Gasteiger partial charge in [0.1, 0.15) is 5.78 Å². The van der Waals surface area contributed by atoms with Crippen LogP contribution >= 0.6 is 0 Å². The van der Waals surface area contributed by atoms with Crippen molar-refractivity contribution in [3.63, 3.8) is 0 Å². The van der Waals surface area contributed by atoms with Crippen LogP contribution in [-0.2, 0) is 9.59 Å². The second-order valence-corrected chi connectivity index (χ2v) is 12.9. The van der Waals surface area contributed by atoms with E-state index in [0.29, 0.717) is 29.5 Å². The highest BCUT2D eigenvalue weighted by Crippen LogP contribution is 2.75. The summed E-state index contributed by atoms with van der Waals surface area (Å²) in [4.78, 5) is 24.9. The molecule has 8 unspecified atom stereocenters. The quantitative estimate of drug-likeness (QED) is 0.344. The lowest BCUT2D eigenvalue weighted by Crippen LogP contribution is -2.65. The second-order valence-electron chi connectivity index (χ2n) is 12.9. The number of fused-ring (bicyclic) bond motifs is 7. The zero-order valence-corrected chi connectivity index (χ0v) is 24.8. The van der Waals surface area contributed by atoms with E-state index in [9.17, 15) is 14.7 Å². The minimum Gasteiger partial charge on any atom is -0.481 e. The van der Waals surface area contributed by atoms with Crippen LogP contribution in [0.4, 0.5) is 0 Å². The Morgan fingerprint density at radius 1 is 0.919 bits per heavy atom. The van der Waals surface area contributed by atoms with E-state index in [1.54, 1.807) is 0 Å². The molecule has 0 aromatic rings. The zero-order chi connectivity index (χ0) is 28.2. The SMILES string of the molecule is C=CCO.CC.CC1C(=O)CCC2(C)C1CCC1(C)C2CCC2C3CCCC3(C(=O)O)CC[C@]21C.CO. The first kappa shape index (κ1) is 32.0. The molecule has 5 nitrogen and oxygen atoms in total. The third kappa shape index (κ3) is 4.86. The highest BCUT2D eigenvalue weighted by molar-refractivity contribution is 5.82. The molecule has 5 saturated carbocycles. The van der Waals surface area contributed by atoms with E-state index in [1.165, 1.54) is 31.8 Å². The summed E-state index contributed by atoms with van der Waals surface area (Å²) in [5.74, 6) is 2.40. The summed E-state index contributed by atoms with van der Waals surface area (Å²) in [7, 11) is 1.00. The predicted molar refractivity (Wildman–Crippen MR) is 150 cm³/mol. The molecule has 0 aromatic heterocycles. The van der Waals surface area contributed by atoms with Gasteiger partial charge in [0, 0.05) is 19.4 Å². The number of ketones is 1. The maximum Gasteiger partial charge on any atom is 0.309 e. The molecule has 5 heteroatoms. The van der Waals surface area contributed by atoms with E-state index < -0.39 is 11.4 Å². The van der Waals surface area contributed by atoms with E-state index in [4.69, 9.17) is 10.2 Å². The lowest BCUT2D eigenvalue weighted by Gasteiger charge is -2.71. The van der Waals surface area contributed by atoms with Crippen molar-refractivity contribution in [2.75, 3.05) is 13.7 Å². The number of carbonyl (C=O) groups excluding carboxylic acids is 1. The summed E-state index contributed by atoms with van der Waals surface area (Å²) >= 11 is 0. The Morgan fingerprint density at radius 2 is 1.54 bits per heavy atom. The van der Waals surface area contributed by atoms with Crippen LogP contribution < -0.4 is 0 Å². The molecule has 5 rings (SSSR count). The average Bonchev–Trinajstić information content (AvgIpc) is 3.35. The van der Waals surface area contributed by atoms with Crippen molar-refractivity contribution in [1.82, 2.24) is 0 Å². The van der Waals surface area contributed by atoms with Gasteiger partial charge in [-0.3, -0.25) is 9.59 Å². The standard InChI is InChI=1S/C26H40O3.C3H6O.C2H6.CH4O/c1-16-17-9-13-25(4)21(23(17,2)12-10-20(16)27)8-7-18-19-6-5-11-26(19,22(28)29)15-14-24(18,25)3;1-2-3-4;2*1-2/h16-19,21H,5-15H2,1-4H3,(H,28,29);2,4H,1,3H2;1-2H3;2H,1H3/t16?,17?,18?,19?,21?,23?,24-,25?,26?;;;/m1.../s1.